The summed E-state index contributed by atoms with van der Waals surface area (Å²) in [7, 11) is 0. The van der Waals surface area contributed by atoms with Crippen molar-refractivity contribution in [1.29, 1.82) is 0 Å². The van der Waals surface area contributed by atoms with Crippen molar-refractivity contribution in [3.63, 3.8) is 0 Å². The monoisotopic (exact) mass is 290 g/mol. The maximum absolute atomic E-state index is 13.4. The zero-order valence-corrected chi connectivity index (χ0v) is 11.0. The summed E-state index contributed by atoms with van der Waals surface area (Å²) in [6.45, 7) is 1.78. The second-order valence-electron chi connectivity index (χ2n) is 3.97. The molecule has 1 aromatic rings. The molecule has 1 aromatic carbocycles. The van der Waals surface area contributed by atoms with Crippen molar-refractivity contribution < 1.29 is 18.0 Å². The first-order valence-corrected chi connectivity index (χ1v) is 6.00. The fourth-order valence-electron chi connectivity index (χ4n) is 1.50. The molecule has 1 amide bonds. The molecule has 0 aliphatic carbocycles. The zero-order chi connectivity index (χ0) is 14.6. The lowest BCUT2D eigenvalue weighted by Crippen LogP contribution is -2.37. The van der Waals surface area contributed by atoms with Gasteiger partial charge in [-0.3, -0.25) is 4.79 Å². The minimum Gasteiger partial charge on any atom is -0.393 e. The largest absolute Gasteiger partial charge is 0.393 e. The lowest BCUT2D eigenvalue weighted by molar-refractivity contribution is 0.0932. The van der Waals surface area contributed by atoms with Gasteiger partial charge in [0, 0.05) is 12.5 Å². The Morgan fingerprint density at radius 2 is 2.00 bits per heavy atom. The van der Waals surface area contributed by atoms with Crippen LogP contribution < -0.4 is 11.1 Å². The van der Waals surface area contributed by atoms with Crippen LogP contribution in [0.2, 0.25) is 0 Å². The first-order chi connectivity index (χ1) is 8.86. The number of hydrogen-bond donors (Lipinski definition) is 2. The average Bonchev–Trinajstić information content (AvgIpc) is 2.34. The van der Waals surface area contributed by atoms with Crippen LogP contribution in [0.15, 0.2) is 12.1 Å². The second-order valence-corrected chi connectivity index (χ2v) is 4.50. The number of rotatable bonds is 5. The van der Waals surface area contributed by atoms with Gasteiger partial charge in [-0.25, -0.2) is 13.2 Å². The van der Waals surface area contributed by atoms with Gasteiger partial charge < -0.3 is 11.1 Å². The molecule has 0 bridgehead atoms. The zero-order valence-electron chi connectivity index (χ0n) is 10.2. The van der Waals surface area contributed by atoms with E-state index in [4.69, 9.17) is 18.0 Å². The van der Waals surface area contributed by atoms with Gasteiger partial charge in [0.15, 0.2) is 17.5 Å². The number of halogens is 3. The summed E-state index contributed by atoms with van der Waals surface area (Å²) < 4.78 is 39.2. The van der Waals surface area contributed by atoms with E-state index in [0.29, 0.717) is 12.5 Å². The predicted octanol–water partition coefficient (Wildman–Crippen LogP) is 2.29. The van der Waals surface area contributed by atoms with Gasteiger partial charge in [0.25, 0.3) is 5.91 Å². The van der Waals surface area contributed by atoms with Crippen LogP contribution in [0.25, 0.3) is 0 Å². The highest BCUT2D eigenvalue weighted by Gasteiger charge is 2.20. The van der Waals surface area contributed by atoms with Crippen molar-refractivity contribution in [3.05, 3.63) is 35.1 Å². The second kappa shape index (κ2) is 6.51. The molecule has 3 N–H and O–H groups in total. The third kappa shape index (κ3) is 3.92. The Balaban J connectivity index is 2.89. The molecule has 0 saturated heterocycles. The lowest BCUT2D eigenvalue weighted by atomic mass is 10.1. The normalized spacial score (nSPS) is 12.0. The SMILES string of the molecule is CCC(CC(N)=S)NC(=O)c1ccc(F)c(F)c1F. The molecule has 19 heavy (non-hydrogen) atoms. The highest BCUT2D eigenvalue weighted by Crippen LogP contribution is 2.15. The first kappa shape index (κ1) is 15.4. The summed E-state index contributed by atoms with van der Waals surface area (Å²) in [4.78, 5) is 12.0. The van der Waals surface area contributed by atoms with Gasteiger partial charge in [-0.05, 0) is 18.6 Å². The topological polar surface area (TPSA) is 55.1 Å². The van der Waals surface area contributed by atoms with Crippen molar-refractivity contribution in [3.8, 4) is 0 Å². The molecule has 0 saturated carbocycles. The maximum Gasteiger partial charge on any atom is 0.254 e. The van der Waals surface area contributed by atoms with E-state index in [2.05, 4.69) is 5.32 Å². The molecule has 0 heterocycles. The van der Waals surface area contributed by atoms with Gasteiger partial charge >= 0.3 is 0 Å². The summed E-state index contributed by atoms with van der Waals surface area (Å²) in [5, 5.41) is 2.47. The molecule has 0 fully saturated rings. The summed E-state index contributed by atoms with van der Waals surface area (Å²) in [5.41, 5.74) is 4.80. The molecule has 1 rings (SSSR count). The number of amides is 1. The van der Waals surface area contributed by atoms with Crippen molar-refractivity contribution in [1.82, 2.24) is 5.32 Å². The molecule has 7 heteroatoms. The van der Waals surface area contributed by atoms with Gasteiger partial charge in [-0.1, -0.05) is 19.1 Å². The van der Waals surface area contributed by atoms with Gasteiger partial charge in [0.1, 0.15) is 0 Å². The van der Waals surface area contributed by atoms with Crippen LogP contribution in [0.3, 0.4) is 0 Å². The molecule has 1 atom stereocenters. The number of carbonyl (C=O) groups excluding carboxylic acids is 1. The minimum atomic E-state index is -1.67. The molecule has 0 radical (unpaired) electrons. The maximum atomic E-state index is 13.4. The smallest absolute Gasteiger partial charge is 0.254 e. The van der Waals surface area contributed by atoms with Crippen molar-refractivity contribution in [2.45, 2.75) is 25.8 Å². The van der Waals surface area contributed by atoms with E-state index in [-0.39, 0.29) is 17.5 Å². The van der Waals surface area contributed by atoms with Crippen molar-refractivity contribution in [2.24, 2.45) is 5.73 Å². The summed E-state index contributed by atoms with van der Waals surface area (Å²) >= 11 is 4.71. The van der Waals surface area contributed by atoms with Crippen LogP contribution in [-0.4, -0.2) is 16.9 Å². The Kier molecular flexibility index (Phi) is 5.29. The molecule has 3 nitrogen and oxygen atoms in total. The number of thiocarbonyl (C=S) groups is 1. The highest BCUT2D eigenvalue weighted by molar-refractivity contribution is 7.80. The molecule has 0 spiro atoms. The van der Waals surface area contributed by atoms with E-state index < -0.39 is 28.9 Å². The Morgan fingerprint density at radius 3 is 2.53 bits per heavy atom. The average molecular weight is 290 g/mol. The van der Waals surface area contributed by atoms with Gasteiger partial charge in [-0.2, -0.15) is 0 Å². The predicted molar refractivity (Wildman–Crippen MR) is 69.3 cm³/mol. The van der Waals surface area contributed by atoms with Gasteiger partial charge in [0.2, 0.25) is 0 Å². The Hall–Kier alpha value is -1.63. The summed E-state index contributed by atoms with van der Waals surface area (Å²) in [6.07, 6.45) is 0.775. The third-order valence-electron chi connectivity index (χ3n) is 2.56. The summed E-state index contributed by atoms with van der Waals surface area (Å²) in [6, 6.07) is 1.20. The molecular formula is C12H13F3N2OS. The molecule has 104 valence electrons. The van der Waals surface area contributed by atoms with E-state index >= 15 is 0 Å². The van der Waals surface area contributed by atoms with Crippen molar-refractivity contribution in [2.75, 3.05) is 0 Å². The van der Waals surface area contributed by atoms with Crippen LogP contribution in [0.1, 0.15) is 30.1 Å². The number of nitrogens with two attached hydrogens (primary N) is 1. The molecule has 0 aliphatic rings. The minimum absolute atomic E-state index is 0.206. The molecular weight excluding hydrogens is 277 g/mol. The number of carbonyl (C=O) groups is 1. The van der Waals surface area contributed by atoms with E-state index in [9.17, 15) is 18.0 Å². The van der Waals surface area contributed by atoms with Crippen LogP contribution in [0, 0.1) is 17.5 Å². The number of nitrogens with one attached hydrogen (secondary N) is 1. The van der Waals surface area contributed by atoms with E-state index in [1.54, 1.807) is 6.92 Å². The Labute approximate surface area is 114 Å². The van der Waals surface area contributed by atoms with E-state index in [0.717, 1.165) is 6.07 Å². The summed E-state index contributed by atoms with van der Waals surface area (Å²) in [5.74, 6) is -5.36. The van der Waals surface area contributed by atoms with Gasteiger partial charge in [-0.15, -0.1) is 0 Å². The van der Waals surface area contributed by atoms with Crippen LogP contribution in [-0.2, 0) is 0 Å². The van der Waals surface area contributed by atoms with E-state index in [1.807, 2.05) is 0 Å². The first-order valence-electron chi connectivity index (χ1n) is 5.59. The fourth-order valence-corrected chi connectivity index (χ4v) is 1.71. The third-order valence-corrected chi connectivity index (χ3v) is 2.72. The van der Waals surface area contributed by atoms with Crippen LogP contribution >= 0.6 is 12.2 Å². The quantitative estimate of drug-likeness (QED) is 0.646. The Morgan fingerprint density at radius 1 is 1.37 bits per heavy atom. The number of hydrogen-bond acceptors (Lipinski definition) is 2. The van der Waals surface area contributed by atoms with Crippen LogP contribution in [0.4, 0.5) is 13.2 Å². The van der Waals surface area contributed by atoms with Gasteiger partial charge in [0.05, 0.1) is 10.6 Å². The highest BCUT2D eigenvalue weighted by atomic mass is 32.1. The van der Waals surface area contributed by atoms with E-state index in [1.165, 1.54) is 0 Å². The Bertz CT molecular complexity index is 508. The molecule has 1 unspecified atom stereocenters. The standard InChI is InChI=1S/C12H13F3N2OS/c1-2-6(5-9(16)19)17-12(18)7-3-4-8(13)11(15)10(7)14/h3-4,6H,2,5H2,1H3,(H2,16,19)(H,17,18). The molecule has 0 aliphatic heterocycles. The lowest BCUT2D eigenvalue weighted by Gasteiger charge is -2.16. The van der Waals surface area contributed by atoms with Crippen LogP contribution in [0.5, 0.6) is 0 Å². The molecule has 0 aromatic heterocycles. The van der Waals surface area contributed by atoms with Crippen molar-refractivity contribution >= 4 is 23.1 Å². The number of benzene rings is 1. The fraction of sp³-hybridized carbons (Fsp3) is 0.333.